The topological polar surface area (TPSA) is 96.8 Å². The van der Waals surface area contributed by atoms with Gasteiger partial charge in [0.15, 0.2) is 5.82 Å². The molecule has 1 N–H and O–H groups in total. The van der Waals surface area contributed by atoms with Gasteiger partial charge in [0, 0.05) is 32.3 Å². The molecular weight excluding hydrogens is 328 g/mol. The van der Waals surface area contributed by atoms with Crippen molar-refractivity contribution in [2.24, 2.45) is 18.9 Å². The number of H-pyrrole nitrogens is 1. The van der Waals surface area contributed by atoms with Gasteiger partial charge in [0.1, 0.15) is 10.7 Å². The van der Waals surface area contributed by atoms with Crippen LogP contribution in [-0.2, 0) is 17.1 Å². The summed E-state index contributed by atoms with van der Waals surface area (Å²) in [5.74, 6) is 2.46. The van der Waals surface area contributed by atoms with E-state index in [1.54, 1.807) is 29.2 Å². The lowest BCUT2D eigenvalue weighted by Crippen LogP contribution is -2.29. The van der Waals surface area contributed by atoms with E-state index in [1.165, 1.54) is 12.8 Å². The quantitative estimate of drug-likeness (QED) is 0.886. The predicted octanol–water partition coefficient (Wildman–Crippen LogP) is 0.969. The summed E-state index contributed by atoms with van der Waals surface area (Å²) in [4.78, 5) is 4.76. The largest absolute Gasteiger partial charge is 0.274 e. The van der Waals surface area contributed by atoms with Gasteiger partial charge in [0.25, 0.3) is 0 Å². The van der Waals surface area contributed by atoms with Crippen LogP contribution in [-0.4, -0.2) is 50.8 Å². The molecule has 0 amide bonds. The molecule has 0 radical (unpaired) electrons. The first-order valence-corrected chi connectivity index (χ1v) is 9.69. The van der Waals surface area contributed by atoms with Gasteiger partial charge < -0.3 is 0 Å². The maximum absolute atomic E-state index is 13.1. The van der Waals surface area contributed by atoms with Crippen LogP contribution < -0.4 is 0 Å². The lowest BCUT2D eigenvalue weighted by Gasteiger charge is -2.15. The predicted molar refractivity (Wildman–Crippen MR) is 86.8 cm³/mol. The molecule has 1 aliphatic heterocycles. The highest BCUT2D eigenvalue weighted by Gasteiger charge is 2.48. The normalized spacial score (nSPS) is 25.5. The molecule has 9 heteroatoms. The Morgan fingerprint density at radius 2 is 2.00 bits per heavy atom. The first-order valence-electron chi connectivity index (χ1n) is 8.25. The van der Waals surface area contributed by atoms with Gasteiger partial charge >= 0.3 is 0 Å². The maximum atomic E-state index is 13.1. The minimum Gasteiger partial charge on any atom is -0.274 e. The Hall–Kier alpha value is -1.74. The monoisotopic (exact) mass is 350 g/mol. The van der Waals surface area contributed by atoms with E-state index in [4.69, 9.17) is 0 Å². The van der Waals surface area contributed by atoms with Gasteiger partial charge in [-0.1, -0.05) is 0 Å². The molecule has 130 valence electrons. The van der Waals surface area contributed by atoms with E-state index < -0.39 is 10.0 Å². The minimum atomic E-state index is -3.54. The molecule has 2 aromatic rings. The summed E-state index contributed by atoms with van der Waals surface area (Å²) in [7, 11) is -1.80. The zero-order chi connectivity index (χ0) is 17.1. The van der Waals surface area contributed by atoms with Gasteiger partial charge in [-0.05, 0) is 38.5 Å². The molecule has 2 atom stereocenters. The van der Waals surface area contributed by atoms with E-state index >= 15 is 0 Å². The fourth-order valence-electron chi connectivity index (χ4n) is 3.76. The Balaban J connectivity index is 1.66. The molecule has 24 heavy (non-hydrogen) atoms. The van der Waals surface area contributed by atoms with Gasteiger partial charge in [0.2, 0.25) is 10.0 Å². The van der Waals surface area contributed by atoms with E-state index in [0.29, 0.717) is 35.5 Å². The van der Waals surface area contributed by atoms with Crippen LogP contribution in [0.1, 0.15) is 36.1 Å². The SMILES string of the molecule is Cc1nc([C@@H]2CN(S(=O)(=O)c3cn(C)nc3C)C[C@H]2C2CC2)n[nH]1. The smallest absolute Gasteiger partial charge is 0.246 e. The van der Waals surface area contributed by atoms with Gasteiger partial charge in [-0.15, -0.1) is 0 Å². The third kappa shape index (κ3) is 2.55. The first-order chi connectivity index (χ1) is 11.4. The van der Waals surface area contributed by atoms with Crippen molar-refractivity contribution in [3.63, 3.8) is 0 Å². The lowest BCUT2D eigenvalue weighted by atomic mass is 9.91. The zero-order valence-corrected chi connectivity index (χ0v) is 14.9. The molecular formula is C15H22N6O2S. The molecule has 1 saturated heterocycles. The summed E-state index contributed by atoms with van der Waals surface area (Å²) in [6.07, 6.45) is 3.93. The third-order valence-electron chi connectivity index (χ3n) is 5.09. The van der Waals surface area contributed by atoms with E-state index in [-0.39, 0.29) is 5.92 Å². The number of aryl methyl sites for hydroxylation is 3. The Labute approximate surface area is 141 Å². The number of nitrogens with one attached hydrogen (secondary N) is 1. The molecule has 2 aliphatic rings. The first kappa shape index (κ1) is 15.8. The number of sulfonamides is 1. The van der Waals surface area contributed by atoms with Crippen LogP contribution in [0.15, 0.2) is 11.1 Å². The molecule has 1 aliphatic carbocycles. The molecule has 2 fully saturated rings. The molecule has 0 aromatic carbocycles. The van der Waals surface area contributed by atoms with Crippen LogP contribution in [0.5, 0.6) is 0 Å². The van der Waals surface area contributed by atoms with Gasteiger partial charge in [0.05, 0.1) is 5.69 Å². The van der Waals surface area contributed by atoms with E-state index in [9.17, 15) is 8.42 Å². The average Bonchev–Trinajstić information content (AvgIpc) is 2.94. The summed E-state index contributed by atoms with van der Waals surface area (Å²) < 4.78 is 29.3. The molecule has 2 aromatic heterocycles. The molecule has 4 rings (SSSR count). The standard InChI is InChI=1S/C15H22N6O2S/c1-9-14(8-20(3)19-9)24(22,23)21-6-12(11-4-5-11)13(7-21)15-16-10(2)17-18-15/h8,11-13H,4-7H2,1-3H3,(H,16,17,18)/t12-,13+/m0/s1. The van der Waals surface area contributed by atoms with Crippen LogP contribution in [0.4, 0.5) is 0 Å². The number of nitrogens with zero attached hydrogens (tertiary/aromatic N) is 5. The van der Waals surface area contributed by atoms with E-state index in [2.05, 4.69) is 20.3 Å². The fourth-order valence-corrected chi connectivity index (χ4v) is 5.46. The van der Waals surface area contributed by atoms with Crippen LogP contribution in [0.2, 0.25) is 0 Å². The number of hydrogen-bond donors (Lipinski definition) is 1. The van der Waals surface area contributed by atoms with Gasteiger partial charge in [-0.25, -0.2) is 13.4 Å². The van der Waals surface area contributed by atoms with Crippen molar-refractivity contribution in [3.05, 3.63) is 23.5 Å². The van der Waals surface area contributed by atoms with Crippen molar-refractivity contribution in [1.29, 1.82) is 0 Å². The van der Waals surface area contributed by atoms with E-state index in [0.717, 1.165) is 11.6 Å². The number of aromatic nitrogens is 5. The van der Waals surface area contributed by atoms with Crippen LogP contribution >= 0.6 is 0 Å². The summed E-state index contributed by atoms with van der Waals surface area (Å²) in [6, 6.07) is 0. The second kappa shape index (κ2) is 5.38. The second-order valence-corrected chi connectivity index (χ2v) is 8.87. The van der Waals surface area contributed by atoms with Crippen LogP contribution in [0.25, 0.3) is 0 Å². The zero-order valence-electron chi connectivity index (χ0n) is 14.1. The maximum Gasteiger partial charge on any atom is 0.246 e. The molecule has 8 nitrogen and oxygen atoms in total. The summed E-state index contributed by atoms with van der Waals surface area (Å²) in [6.45, 7) is 4.58. The molecule has 1 saturated carbocycles. The third-order valence-corrected chi connectivity index (χ3v) is 7.03. The highest BCUT2D eigenvalue weighted by Crippen LogP contribution is 2.48. The Bertz CT molecular complexity index is 866. The van der Waals surface area contributed by atoms with Gasteiger partial charge in [-0.3, -0.25) is 9.78 Å². The summed E-state index contributed by atoms with van der Waals surface area (Å²) in [5.41, 5.74) is 0.540. The van der Waals surface area contributed by atoms with Crippen molar-refractivity contribution < 1.29 is 8.42 Å². The number of aromatic amines is 1. The van der Waals surface area contributed by atoms with E-state index in [1.807, 2.05) is 6.92 Å². The molecule has 3 heterocycles. The Morgan fingerprint density at radius 3 is 2.54 bits per heavy atom. The molecule has 0 bridgehead atoms. The summed E-state index contributed by atoms with van der Waals surface area (Å²) in [5, 5.41) is 11.4. The Morgan fingerprint density at radius 1 is 1.25 bits per heavy atom. The number of hydrogen-bond acceptors (Lipinski definition) is 5. The minimum absolute atomic E-state index is 0.0641. The van der Waals surface area contributed by atoms with Crippen molar-refractivity contribution in [3.8, 4) is 0 Å². The second-order valence-electron chi connectivity index (χ2n) is 6.96. The molecule has 0 unspecified atom stereocenters. The van der Waals surface area contributed by atoms with Gasteiger partial charge in [-0.2, -0.15) is 14.5 Å². The highest BCUT2D eigenvalue weighted by molar-refractivity contribution is 7.89. The van der Waals surface area contributed by atoms with Crippen LogP contribution in [0, 0.1) is 25.7 Å². The molecule has 0 spiro atoms. The van der Waals surface area contributed by atoms with Crippen molar-refractivity contribution in [2.45, 2.75) is 37.5 Å². The van der Waals surface area contributed by atoms with Crippen LogP contribution in [0.3, 0.4) is 0 Å². The Kier molecular flexibility index (Phi) is 3.54. The van der Waals surface area contributed by atoms with Crippen molar-refractivity contribution in [2.75, 3.05) is 13.1 Å². The number of rotatable bonds is 4. The fraction of sp³-hybridized carbons (Fsp3) is 0.667. The average molecular weight is 350 g/mol. The van der Waals surface area contributed by atoms with Crippen molar-refractivity contribution in [1.82, 2.24) is 29.3 Å². The lowest BCUT2D eigenvalue weighted by molar-refractivity contribution is 0.423. The summed E-state index contributed by atoms with van der Waals surface area (Å²) >= 11 is 0. The highest BCUT2D eigenvalue weighted by atomic mass is 32.2. The van der Waals surface area contributed by atoms with Crippen molar-refractivity contribution >= 4 is 10.0 Å².